The number of aromatic nitrogens is 3. The summed E-state index contributed by atoms with van der Waals surface area (Å²) in [5.74, 6) is 0.750. The number of anilines is 1. The minimum Gasteiger partial charge on any atom is -0.366 e. The third-order valence-corrected chi connectivity index (χ3v) is 7.03. The van der Waals surface area contributed by atoms with Crippen LogP contribution in [-0.4, -0.2) is 20.5 Å². The number of benzene rings is 2. The van der Waals surface area contributed by atoms with Crippen LogP contribution in [0.15, 0.2) is 82.8 Å². The number of amides is 1. The third kappa shape index (κ3) is 4.84. The molecule has 2 aromatic carbocycles. The van der Waals surface area contributed by atoms with Crippen LogP contribution in [0, 0.1) is 0 Å². The van der Waals surface area contributed by atoms with Gasteiger partial charge in [-0.15, -0.1) is 11.3 Å². The predicted octanol–water partition coefficient (Wildman–Crippen LogP) is 6.42. The van der Waals surface area contributed by atoms with E-state index in [1.807, 2.05) is 72.1 Å². The number of hydrogen-bond donors (Lipinski definition) is 2. The fourth-order valence-electron chi connectivity index (χ4n) is 3.51. The fourth-order valence-corrected chi connectivity index (χ4v) is 4.73. The van der Waals surface area contributed by atoms with E-state index < -0.39 is 0 Å². The SMILES string of the molecule is O=C(NCc1ccc(CNc2cc(-c3ccccc3Cl)nc3c(Br)cnn23)cc1)c1cccs1. The van der Waals surface area contributed by atoms with Crippen LogP contribution >= 0.6 is 38.9 Å². The molecule has 170 valence electrons. The molecule has 0 aliphatic heterocycles. The average molecular weight is 553 g/mol. The summed E-state index contributed by atoms with van der Waals surface area (Å²) in [6, 6.07) is 21.4. The molecule has 9 heteroatoms. The first-order chi connectivity index (χ1) is 16.6. The molecule has 0 radical (unpaired) electrons. The Labute approximate surface area is 213 Å². The first-order valence-electron chi connectivity index (χ1n) is 10.5. The molecule has 0 aliphatic rings. The molecule has 34 heavy (non-hydrogen) atoms. The number of halogens is 2. The summed E-state index contributed by atoms with van der Waals surface area (Å²) >= 11 is 11.4. The fraction of sp³-hybridized carbons (Fsp3) is 0.0800. The monoisotopic (exact) mass is 551 g/mol. The second-order valence-corrected chi connectivity index (χ2v) is 9.77. The molecule has 3 heterocycles. The molecule has 0 bridgehead atoms. The van der Waals surface area contributed by atoms with Crippen molar-refractivity contribution in [1.29, 1.82) is 0 Å². The molecule has 6 nitrogen and oxygen atoms in total. The van der Waals surface area contributed by atoms with Gasteiger partial charge in [0.05, 0.1) is 21.2 Å². The summed E-state index contributed by atoms with van der Waals surface area (Å²) in [4.78, 5) is 17.6. The van der Waals surface area contributed by atoms with Gasteiger partial charge in [-0.2, -0.15) is 9.61 Å². The van der Waals surface area contributed by atoms with Gasteiger partial charge in [-0.05, 0) is 44.6 Å². The van der Waals surface area contributed by atoms with E-state index in [2.05, 4.69) is 31.7 Å². The number of fused-ring (bicyclic) bond motifs is 1. The second kappa shape index (κ2) is 9.97. The van der Waals surface area contributed by atoms with Gasteiger partial charge < -0.3 is 10.6 Å². The third-order valence-electron chi connectivity index (χ3n) is 5.27. The van der Waals surface area contributed by atoms with Gasteiger partial charge in [-0.25, -0.2) is 4.98 Å². The van der Waals surface area contributed by atoms with E-state index in [0.29, 0.717) is 28.6 Å². The highest BCUT2D eigenvalue weighted by Gasteiger charge is 2.13. The molecule has 0 unspecified atom stereocenters. The van der Waals surface area contributed by atoms with Crippen molar-refractivity contribution in [3.63, 3.8) is 0 Å². The quantitative estimate of drug-likeness (QED) is 0.245. The van der Waals surface area contributed by atoms with Crippen LogP contribution in [0.25, 0.3) is 16.9 Å². The molecule has 3 aromatic heterocycles. The Morgan fingerprint density at radius 2 is 1.79 bits per heavy atom. The summed E-state index contributed by atoms with van der Waals surface area (Å²) in [5.41, 5.74) is 4.47. The number of carbonyl (C=O) groups excluding carboxylic acids is 1. The molecule has 0 fully saturated rings. The van der Waals surface area contributed by atoms with Gasteiger partial charge in [0.25, 0.3) is 5.91 Å². The van der Waals surface area contributed by atoms with Crippen LogP contribution in [0.3, 0.4) is 0 Å². The minimum absolute atomic E-state index is 0.0536. The molecule has 1 amide bonds. The van der Waals surface area contributed by atoms with Crippen molar-refractivity contribution in [2.24, 2.45) is 0 Å². The molecule has 5 aromatic rings. The Bertz CT molecular complexity index is 1450. The predicted molar refractivity (Wildman–Crippen MR) is 140 cm³/mol. The smallest absolute Gasteiger partial charge is 0.261 e. The van der Waals surface area contributed by atoms with Crippen molar-refractivity contribution >= 4 is 56.2 Å². The van der Waals surface area contributed by atoms with E-state index >= 15 is 0 Å². The van der Waals surface area contributed by atoms with Crippen molar-refractivity contribution in [3.8, 4) is 11.3 Å². The minimum atomic E-state index is -0.0536. The lowest BCUT2D eigenvalue weighted by Gasteiger charge is -2.12. The first kappa shape index (κ1) is 22.6. The molecule has 0 atom stereocenters. The Kier molecular flexibility index (Phi) is 6.62. The number of nitrogens with one attached hydrogen (secondary N) is 2. The Morgan fingerprint density at radius 3 is 2.53 bits per heavy atom. The highest BCUT2D eigenvalue weighted by atomic mass is 79.9. The lowest BCUT2D eigenvalue weighted by molar-refractivity contribution is 0.0955. The normalized spacial score (nSPS) is 11.0. The van der Waals surface area contributed by atoms with Crippen molar-refractivity contribution in [2.45, 2.75) is 13.1 Å². The average Bonchev–Trinajstić information content (AvgIpc) is 3.53. The molecule has 0 aliphatic carbocycles. The largest absolute Gasteiger partial charge is 0.366 e. The van der Waals surface area contributed by atoms with E-state index in [9.17, 15) is 4.79 Å². The zero-order valence-electron chi connectivity index (χ0n) is 17.8. The van der Waals surface area contributed by atoms with Gasteiger partial charge in [0.15, 0.2) is 5.65 Å². The van der Waals surface area contributed by atoms with Gasteiger partial charge in [-0.3, -0.25) is 4.79 Å². The summed E-state index contributed by atoms with van der Waals surface area (Å²) in [6.07, 6.45) is 1.73. The number of hydrogen-bond acceptors (Lipinski definition) is 5. The van der Waals surface area contributed by atoms with Crippen LogP contribution in [0.5, 0.6) is 0 Å². The van der Waals surface area contributed by atoms with E-state index in [1.165, 1.54) is 11.3 Å². The Balaban J connectivity index is 1.31. The number of thiophene rings is 1. The van der Waals surface area contributed by atoms with Crippen LogP contribution in [-0.2, 0) is 13.1 Å². The molecule has 5 rings (SSSR count). The van der Waals surface area contributed by atoms with Crippen molar-refractivity contribution in [1.82, 2.24) is 19.9 Å². The van der Waals surface area contributed by atoms with Crippen molar-refractivity contribution < 1.29 is 4.79 Å². The summed E-state index contributed by atoms with van der Waals surface area (Å²) < 4.78 is 2.57. The number of carbonyl (C=O) groups is 1. The highest BCUT2D eigenvalue weighted by molar-refractivity contribution is 9.10. The molecule has 0 spiro atoms. The topological polar surface area (TPSA) is 71.3 Å². The molecule has 0 saturated carbocycles. The van der Waals surface area contributed by atoms with Gasteiger partial charge in [-0.1, -0.05) is 60.1 Å². The maximum Gasteiger partial charge on any atom is 0.261 e. The zero-order chi connectivity index (χ0) is 23.5. The standard InChI is InChI=1S/C25H19BrClN5OS/c26-19-15-30-32-23(12-21(31-24(19)32)18-4-1-2-5-20(18)27)28-13-16-7-9-17(10-8-16)14-29-25(33)22-6-3-11-34-22/h1-12,15,28H,13-14H2,(H,29,33). The second-order valence-electron chi connectivity index (χ2n) is 7.56. The molecular formula is C25H19BrClN5OS. The van der Waals surface area contributed by atoms with E-state index in [0.717, 1.165) is 32.7 Å². The van der Waals surface area contributed by atoms with E-state index in [1.54, 1.807) is 10.7 Å². The maximum absolute atomic E-state index is 12.1. The first-order valence-corrected chi connectivity index (χ1v) is 12.6. The van der Waals surface area contributed by atoms with Crippen LogP contribution in [0.1, 0.15) is 20.8 Å². The van der Waals surface area contributed by atoms with Crippen molar-refractivity contribution in [3.05, 3.63) is 104 Å². The Hall–Kier alpha value is -3.20. The number of nitrogens with zero attached hydrogens (tertiary/aromatic N) is 3. The highest BCUT2D eigenvalue weighted by Crippen LogP contribution is 2.30. The van der Waals surface area contributed by atoms with Gasteiger partial charge in [0, 0.05) is 29.7 Å². The zero-order valence-corrected chi connectivity index (χ0v) is 21.0. The van der Waals surface area contributed by atoms with E-state index in [-0.39, 0.29) is 5.91 Å². The van der Waals surface area contributed by atoms with E-state index in [4.69, 9.17) is 16.6 Å². The molecular weight excluding hydrogens is 534 g/mol. The summed E-state index contributed by atoms with van der Waals surface area (Å²) in [7, 11) is 0. The van der Waals surface area contributed by atoms with Gasteiger partial charge in [0.1, 0.15) is 5.82 Å². The van der Waals surface area contributed by atoms with Crippen LogP contribution < -0.4 is 10.6 Å². The van der Waals surface area contributed by atoms with Gasteiger partial charge >= 0.3 is 0 Å². The van der Waals surface area contributed by atoms with Crippen LogP contribution in [0.4, 0.5) is 5.82 Å². The lowest BCUT2D eigenvalue weighted by Crippen LogP contribution is -2.21. The molecule has 0 saturated heterocycles. The lowest BCUT2D eigenvalue weighted by atomic mass is 10.1. The maximum atomic E-state index is 12.1. The van der Waals surface area contributed by atoms with Crippen molar-refractivity contribution in [2.75, 3.05) is 5.32 Å². The Morgan fingerprint density at radius 1 is 1.03 bits per heavy atom. The molecule has 2 N–H and O–H groups in total. The number of rotatable bonds is 7. The van der Waals surface area contributed by atoms with Gasteiger partial charge in [0.2, 0.25) is 0 Å². The van der Waals surface area contributed by atoms with Crippen LogP contribution in [0.2, 0.25) is 5.02 Å². The summed E-state index contributed by atoms with van der Waals surface area (Å²) in [6.45, 7) is 1.08. The summed E-state index contributed by atoms with van der Waals surface area (Å²) in [5, 5.41) is 13.4.